The fourth-order valence-electron chi connectivity index (χ4n) is 3.85. The molecule has 132 valence electrons. The number of fused-ring (bicyclic) bond motifs is 1. The van der Waals surface area contributed by atoms with Crippen LogP contribution in [-0.2, 0) is 11.2 Å². The summed E-state index contributed by atoms with van der Waals surface area (Å²) in [7, 11) is 0.719. The Morgan fingerprint density at radius 2 is 1.67 bits per heavy atom. The third kappa shape index (κ3) is 3.90. The van der Waals surface area contributed by atoms with Crippen LogP contribution in [0.25, 0.3) is 0 Å². The molecular weight excluding hydrogens is 331 g/mol. The van der Waals surface area contributed by atoms with E-state index in [4.69, 9.17) is 0 Å². The Bertz CT molecular complexity index is 941. The van der Waals surface area contributed by atoms with Gasteiger partial charge in [-0.1, -0.05) is 6.07 Å². The molecule has 0 bridgehead atoms. The summed E-state index contributed by atoms with van der Waals surface area (Å²) in [5, 5.41) is 3.71. The van der Waals surface area contributed by atoms with E-state index in [0.717, 1.165) is 19.1 Å². The molecule has 27 heavy (non-hydrogen) atoms. The van der Waals surface area contributed by atoms with Gasteiger partial charge in [-0.3, -0.25) is 0 Å². The van der Waals surface area contributed by atoms with E-state index < -0.39 is 0 Å². The molecule has 4 rings (SSSR count). The number of nitrogens with one attached hydrogen (secondary N) is 1. The van der Waals surface area contributed by atoms with Crippen LogP contribution in [0.1, 0.15) is 40.6 Å². The van der Waals surface area contributed by atoms with Gasteiger partial charge in [0.15, 0.2) is 0 Å². The Kier molecular flexibility index (Phi) is 5.24. The van der Waals surface area contributed by atoms with Crippen molar-refractivity contribution in [2.45, 2.75) is 24.9 Å². The average Bonchev–Trinajstić information content (AvgIpc) is 2.74. The van der Waals surface area contributed by atoms with Gasteiger partial charge in [-0.2, -0.15) is 0 Å². The van der Waals surface area contributed by atoms with E-state index in [-0.39, 0.29) is 6.04 Å². The van der Waals surface area contributed by atoms with Gasteiger partial charge in [0, 0.05) is 0 Å². The molecule has 0 aromatic heterocycles. The van der Waals surface area contributed by atoms with Crippen LogP contribution in [-0.4, -0.2) is 13.3 Å². The first-order valence-corrected chi connectivity index (χ1v) is 9.28. The topological polar surface area (TPSA) is 41.5 Å². The van der Waals surface area contributed by atoms with Gasteiger partial charge >= 0.3 is 154 Å². The molecule has 0 spiro atoms. The summed E-state index contributed by atoms with van der Waals surface area (Å²) in [4.78, 5) is 4.16. The minimum atomic E-state index is 0.280. The summed E-state index contributed by atoms with van der Waals surface area (Å²) >= 11 is 0. The van der Waals surface area contributed by atoms with E-state index in [1.807, 2.05) is 0 Å². The minimum absolute atomic E-state index is 0.280. The number of anilines is 1. The van der Waals surface area contributed by atoms with Crippen LogP contribution in [0.3, 0.4) is 0 Å². The molecule has 3 nitrogen and oxygen atoms in total. The van der Waals surface area contributed by atoms with Crippen molar-refractivity contribution in [3.63, 3.8) is 0 Å². The van der Waals surface area contributed by atoms with E-state index in [1.165, 1.54) is 28.5 Å². The van der Waals surface area contributed by atoms with Crippen molar-refractivity contribution in [2.75, 3.05) is 5.32 Å². The zero-order valence-corrected chi connectivity index (χ0v) is 15.1. The second-order valence-corrected chi connectivity index (χ2v) is 6.85. The zero-order valence-electron chi connectivity index (χ0n) is 15.1. The van der Waals surface area contributed by atoms with Crippen molar-refractivity contribution in [3.8, 4) is 0 Å². The molecule has 0 saturated heterocycles. The molecule has 4 heteroatoms. The van der Waals surface area contributed by atoms with Gasteiger partial charge in [0.25, 0.3) is 0 Å². The molecule has 2 atom stereocenters. The van der Waals surface area contributed by atoms with Crippen LogP contribution < -0.4 is 5.32 Å². The van der Waals surface area contributed by atoms with Crippen LogP contribution in [0.2, 0.25) is 0 Å². The van der Waals surface area contributed by atoms with Crippen molar-refractivity contribution in [3.05, 3.63) is 101 Å². The maximum atomic E-state index is 10.5. The molecule has 2 unspecified atom stereocenters. The summed E-state index contributed by atoms with van der Waals surface area (Å²) in [5.74, 6) is 0.322. The first-order chi connectivity index (χ1) is 13.3. The number of nitrogens with zero attached hydrogens (tertiary/aromatic N) is 1. The quantitative estimate of drug-likeness (QED) is 0.521. The normalized spacial score (nSPS) is 18.5. The molecule has 0 fully saturated rings. The van der Waals surface area contributed by atoms with Crippen LogP contribution in [0.15, 0.2) is 83.9 Å². The van der Waals surface area contributed by atoms with E-state index >= 15 is 0 Å². The Labute approximate surface area is 160 Å². The summed E-state index contributed by atoms with van der Waals surface area (Å²) in [5.41, 5.74) is 6.23. The molecule has 0 amide bonds. The number of hydrogen-bond acceptors (Lipinski definition) is 3. The molecule has 0 aliphatic carbocycles. The average molecular weight is 352 g/mol. The third-order valence-electron chi connectivity index (χ3n) is 5.14. The fourth-order valence-corrected chi connectivity index (χ4v) is 3.85. The maximum absolute atomic E-state index is 10.5. The fraction of sp³-hybridized carbons (Fsp3) is 0.174. The van der Waals surface area contributed by atoms with Gasteiger partial charge in [0.1, 0.15) is 0 Å². The molecule has 0 radical (unpaired) electrons. The van der Waals surface area contributed by atoms with Crippen LogP contribution in [0, 0.1) is 0 Å². The van der Waals surface area contributed by atoms with Gasteiger partial charge in [-0.05, 0) is 0 Å². The molecular formula is C23H21BN2O. The van der Waals surface area contributed by atoms with Crippen LogP contribution >= 0.6 is 0 Å². The number of rotatable bonds is 5. The van der Waals surface area contributed by atoms with Gasteiger partial charge in [0.05, 0.1) is 0 Å². The molecule has 1 aliphatic rings. The second kappa shape index (κ2) is 8.13. The predicted octanol–water partition coefficient (Wildman–Crippen LogP) is 4.95. The Balaban J connectivity index is 1.73. The molecule has 1 heterocycles. The summed E-state index contributed by atoms with van der Waals surface area (Å²) in [6.45, 7) is 0.523. The first kappa shape index (κ1) is 17.4. The van der Waals surface area contributed by atoms with Crippen molar-refractivity contribution in [2.24, 2.45) is 4.99 Å². The van der Waals surface area contributed by atoms with E-state index in [9.17, 15) is 4.70 Å². The van der Waals surface area contributed by atoms with Crippen LogP contribution in [0.5, 0.6) is 0 Å². The van der Waals surface area contributed by atoms with Crippen molar-refractivity contribution in [1.82, 2.24) is 0 Å². The number of hydrogen-bond donors (Lipinski definition) is 1. The number of benzene rings is 3. The van der Waals surface area contributed by atoms with Crippen molar-refractivity contribution < 1.29 is 4.70 Å². The Morgan fingerprint density at radius 3 is 2.37 bits per heavy atom. The van der Waals surface area contributed by atoms with E-state index in [2.05, 4.69) is 89.2 Å². The second-order valence-electron chi connectivity index (χ2n) is 6.85. The standard InChI is InChI=1S/C23H21BN2O/c27-24-16-25-15-17-11-12-22-21(13-17)20(18-7-3-1-4-8-18)14-23(26-22)19-9-5-2-6-10-19/h1-13,16,20,23,26H,14-15H2/b25-16-. The number of aliphatic imine (C=N–C) groups is 1. The monoisotopic (exact) mass is 352 g/mol. The predicted molar refractivity (Wildman–Crippen MR) is 111 cm³/mol. The van der Waals surface area contributed by atoms with Crippen molar-refractivity contribution in [1.29, 1.82) is 0 Å². The van der Waals surface area contributed by atoms with Gasteiger partial charge in [-0.15, -0.1) is 0 Å². The summed E-state index contributed by atoms with van der Waals surface area (Å²) in [6, 6.07) is 28.0. The van der Waals surface area contributed by atoms with Crippen LogP contribution in [0.4, 0.5) is 5.69 Å². The molecule has 0 saturated carbocycles. The molecule has 3 aromatic carbocycles. The van der Waals surface area contributed by atoms with E-state index in [0.29, 0.717) is 12.5 Å². The van der Waals surface area contributed by atoms with Gasteiger partial charge < -0.3 is 0 Å². The zero-order chi connectivity index (χ0) is 18.5. The third-order valence-corrected chi connectivity index (χ3v) is 5.14. The SMILES string of the molecule is O=B/C=N\Cc1ccc2c(c1)C(c1ccccc1)CC(c1ccccc1)N2. The van der Waals surface area contributed by atoms with Gasteiger partial charge in [-0.25, -0.2) is 0 Å². The van der Waals surface area contributed by atoms with Gasteiger partial charge in [0.2, 0.25) is 0 Å². The Hall–Kier alpha value is -3.01. The molecule has 1 N–H and O–H groups in total. The van der Waals surface area contributed by atoms with Crippen molar-refractivity contribution >= 4 is 19.0 Å². The Morgan fingerprint density at radius 1 is 0.963 bits per heavy atom. The molecule has 1 aliphatic heterocycles. The molecule has 3 aromatic rings. The summed E-state index contributed by atoms with van der Waals surface area (Å²) < 4.78 is 10.5. The first-order valence-electron chi connectivity index (χ1n) is 9.28. The summed E-state index contributed by atoms with van der Waals surface area (Å²) in [6.07, 6.45) is 2.32. The van der Waals surface area contributed by atoms with E-state index in [1.54, 1.807) is 0 Å².